The summed E-state index contributed by atoms with van der Waals surface area (Å²) in [5, 5.41) is 9.02. The van der Waals surface area contributed by atoms with Crippen LogP contribution in [0, 0.1) is 5.92 Å². The van der Waals surface area contributed by atoms with Crippen molar-refractivity contribution in [3.05, 3.63) is 64.1 Å². The van der Waals surface area contributed by atoms with Gasteiger partial charge in [-0.15, -0.1) is 0 Å². The summed E-state index contributed by atoms with van der Waals surface area (Å²) >= 11 is 0. The van der Waals surface area contributed by atoms with Gasteiger partial charge in [0.2, 0.25) is 10.0 Å². The highest BCUT2D eigenvalue weighted by atomic mass is 32.2. The van der Waals surface area contributed by atoms with Crippen LogP contribution >= 0.6 is 0 Å². The number of carbonyl (C=O) groups is 1. The van der Waals surface area contributed by atoms with E-state index in [1.807, 2.05) is 0 Å². The van der Waals surface area contributed by atoms with Crippen LogP contribution in [-0.4, -0.2) is 41.9 Å². The lowest BCUT2D eigenvalue weighted by Crippen LogP contribution is -2.30. The first-order chi connectivity index (χ1) is 11.9. The van der Waals surface area contributed by atoms with Crippen molar-refractivity contribution in [2.75, 3.05) is 13.1 Å². The van der Waals surface area contributed by atoms with Crippen LogP contribution in [0.4, 0.5) is 0 Å². The highest BCUT2D eigenvalue weighted by molar-refractivity contribution is 7.89. The molecule has 0 saturated carbocycles. The fourth-order valence-corrected chi connectivity index (χ4v) is 4.39. The number of H-pyrrole nitrogens is 1. The normalized spacial score (nSPS) is 18.3. The smallest absolute Gasteiger partial charge is 0.307 e. The zero-order chi connectivity index (χ0) is 18.0. The van der Waals surface area contributed by atoms with Gasteiger partial charge in [0, 0.05) is 31.3 Å². The van der Waals surface area contributed by atoms with Crippen LogP contribution in [0.2, 0.25) is 0 Å². The summed E-state index contributed by atoms with van der Waals surface area (Å²) in [6, 6.07) is 9.79. The van der Waals surface area contributed by atoms with Gasteiger partial charge in [-0.05, 0) is 30.2 Å². The van der Waals surface area contributed by atoms with Crippen molar-refractivity contribution in [1.82, 2.24) is 9.29 Å². The molecule has 0 radical (unpaired) electrons. The van der Waals surface area contributed by atoms with Gasteiger partial charge in [-0.25, -0.2) is 8.42 Å². The van der Waals surface area contributed by atoms with Crippen LogP contribution in [0.3, 0.4) is 0 Å². The Morgan fingerprint density at radius 3 is 2.56 bits per heavy atom. The van der Waals surface area contributed by atoms with Crippen molar-refractivity contribution in [3.8, 4) is 0 Å². The van der Waals surface area contributed by atoms with E-state index in [-0.39, 0.29) is 23.5 Å². The molecule has 0 spiro atoms. The summed E-state index contributed by atoms with van der Waals surface area (Å²) in [7, 11) is -3.70. The highest BCUT2D eigenvalue weighted by Crippen LogP contribution is 2.25. The number of hydrogen-bond donors (Lipinski definition) is 2. The van der Waals surface area contributed by atoms with Crippen molar-refractivity contribution >= 4 is 16.0 Å². The minimum atomic E-state index is -3.70. The number of nitrogens with one attached hydrogen (secondary N) is 1. The molecule has 1 aliphatic heterocycles. The largest absolute Gasteiger partial charge is 0.481 e. The molecule has 1 aromatic carbocycles. The molecule has 2 aromatic rings. The second-order valence-electron chi connectivity index (χ2n) is 6.03. The van der Waals surface area contributed by atoms with E-state index in [0.29, 0.717) is 18.4 Å². The van der Waals surface area contributed by atoms with E-state index in [9.17, 15) is 18.0 Å². The second-order valence-corrected chi connectivity index (χ2v) is 7.97. The Balaban J connectivity index is 1.77. The molecule has 132 valence electrons. The van der Waals surface area contributed by atoms with Crippen LogP contribution in [0.5, 0.6) is 0 Å². The number of benzene rings is 1. The predicted octanol–water partition coefficient (Wildman–Crippen LogP) is 1.06. The van der Waals surface area contributed by atoms with E-state index >= 15 is 0 Å². The fraction of sp³-hybridized carbons (Fsp3) is 0.294. The molecule has 1 fully saturated rings. The first-order valence-corrected chi connectivity index (χ1v) is 9.30. The number of hydrogen-bond acceptors (Lipinski definition) is 4. The number of sulfonamides is 1. The number of rotatable bonds is 5. The van der Waals surface area contributed by atoms with Crippen molar-refractivity contribution < 1.29 is 18.3 Å². The zero-order valence-electron chi connectivity index (χ0n) is 13.4. The summed E-state index contributed by atoms with van der Waals surface area (Å²) in [5.41, 5.74) is 1.25. The standard InChI is InChI=1S/C17H18N2O5S/c20-16-13(2-1-8-18-16)10-12-3-5-15(6-4-12)25(23,24)19-9-7-14(11-19)17(21)22/h1-6,8,14H,7,9-11H2,(H,18,20)(H,21,22). The minimum Gasteiger partial charge on any atom is -0.481 e. The van der Waals surface area contributed by atoms with Gasteiger partial charge in [0.05, 0.1) is 10.8 Å². The molecule has 8 heteroatoms. The SMILES string of the molecule is O=C(O)C1CCN(S(=O)(=O)c2ccc(Cc3ccc[nH]c3=O)cc2)C1. The molecule has 1 aromatic heterocycles. The molecule has 1 aliphatic rings. The molecule has 0 bridgehead atoms. The third-order valence-electron chi connectivity index (χ3n) is 4.36. The van der Waals surface area contributed by atoms with E-state index in [4.69, 9.17) is 5.11 Å². The molecular formula is C17H18N2O5S. The number of aromatic nitrogens is 1. The molecule has 0 amide bonds. The fourth-order valence-electron chi connectivity index (χ4n) is 2.89. The van der Waals surface area contributed by atoms with Gasteiger partial charge >= 0.3 is 5.97 Å². The molecule has 3 rings (SSSR count). The number of carboxylic acid groups (broad SMARTS) is 1. The van der Waals surface area contributed by atoms with Gasteiger partial charge < -0.3 is 10.1 Å². The predicted molar refractivity (Wildman–Crippen MR) is 90.8 cm³/mol. The number of carboxylic acids is 1. The average molecular weight is 362 g/mol. The monoisotopic (exact) mass is 362 g/mol. The van der Waals surface area contributed by atoms with Crippen LogP contribution in [0.1, 0.15) is 17.5 Å². The number of nitrogens with zero attached hydrogens (tertiary/aromatic N) is 1. The summed E-state index contributed by atoms with van der Waals surface area (Å²) in [5.74, 6) is -1.63. The Morgan fingerprint density at radius 2 is 1.96 bits per heavy atom. The van der Waals surface area contributed by atoms with Gasteiger partial charge in [0.25, 0.3) is 5.56 Å². The topological polar surface area (TPSA) is 108 Å². The molecule has 25 heavy (non-hydrogen) atoms. The van der Waals surface area contributed by atoms with Crippen molar-refractivity contribution in [2.45, 2.75) is 17.7 Å². The summed E-state index contributed by atoms with van der Waals surface area (Å²) in [6.45, 7) is 0.208. The highest BCUT2D eigenvalue weighted by Gasteiger charge is 2.35. The Labute approximate surface area is 145 Å². The van der Waals surface area contributed by atoms with Crippen LogP contribution in [-0.2, 0) is 21.2 Å². The Hall–Kier alpha value is -2.45. The third kappa shape index (κ3) is 3.64. The van der Waals surface area contributed by atoms with Crippen molar-refractivity contribution in [3.63, 3.8) is 0 Å². The molecule has 7 nitrogen and oxygen atoms in total. The lowest BCUT2D eigenvalue weighted by Gasteiger charge is -2.16. The van der Waals surface area contributed by atoms with Gasteiger partial charge in [-0.3, -0.25) is 9.59 Å². The second kappa shape index (κ2) is 6.81. The lowest BCUT2D eigenvalue weighted by atomic mass is 10.1. The number of pyridine rings is 1. The first kappa shape index (κ1) is 17.4. The molecule has 1 atom stereocenters. The van der Waals surface area contributed by atoms with Gasteiger partial charge in [-0.1, -0.05) is 18.2 Å². The van der Waals surface area contributed by atoms with E-state index in [2.05, 4.69) is 4.98 Å². The number of aliphatic carboxylic acids is 1. The van der Waals surface area contributed by atoms with Crippen molar-refractivity contribution in [2.24, 2.45) is 5.92 Å². The van der Waals surface area contributed by atoms with Gasteiger partial charge in [0.15, 0.2) is 0 Å². The number of aromatic amines is 1. The quantitative estimate of drug-likeness (QED) is 0.827. The van der Waals surface area contributed by atoms with Crippen LogP contribution in [0.15, 0.2) is 52.3 Å². The van der Waals surface area contributed by atoms with Crippen molar-refractivity contribution in [1.29, 1.82) is 0 Å². The Kier molecular flexibility index (Phi) is 4.73. The van der Waals surface area contributed by atoms with E-state index in [0.717, 1.165) is 5.56 Å². The van der Waals surface area contributed by atoms with E-state index in [1.54, 1.807) is 30.5 Å². The first-order valence-electron chi connectivity index (χ1n) is 7.86. The minimum absolute atomic E-state index is 0.00118. The Morgan fingerprint density at radius 1 is 1.24 bits per heavy atom. The van der Waals surface area contributed by atoms with Crippen LogP contribution < -0.4 is 5.56 Å². The molecule has 1 saturated heterocycles. The Bertz CT molecular complexity index is 934. The lowest BCUT2D eigenvalue weighted by molar-refractivity contribution is -0.141. The molecule has 2 heterocycles. The summed E-state index contributed by atoms with van der Waals surface area (Å²) < 4.78 is 26.4. The molecular weight excluding hydrogens is 344 g/mol. The maximum atomic E-state index is 12.6. The maximum absolute atomic E-state index is 12.6. The van der Waals surface area contributed by atoms with Gasteiger partial charge in [0.1, 0.15) is 0 Å². The molecule has 1 unspecified atom stereocenters. The van der Waals surface area contributed by atoms with Gasteiger partial charge in [-0.2, -0.15) is 4.31 Å². The molecule has 0 aliphatic carbocycles. The summed E-state index contributed by atoms with van der Waals surface area (Å²) in [4.78, 5) is 25.4. The third-order valence-corrected chi connectivity index (χ3v) is 6.24. The zero-order valence-corrected chi connectivity index (χ0v) is 14.2. The summed E-state index contributed by atoms with van der Waals surface area (Å²) in [6.07, 6.45) is 2.28. The molecule has 2 N–H and O–H groups in total. The van der Waals surface area contributed by atoms with E-state index in [1.165, 1.54) is 16.4 Å². The van der Waals surface area contributed by atoms with E-state index < -0.39 is 21.9 Å². The maximum Gasteiger partial charge on any atom is 0.307 e. The van der Waals surface area contributed by atoms with Crippen LogP contribution in [0.25, 0.3) is 0 Å². The average Bonchev–Trinajstić information content (AvgIpc) is 3.09.